The van der Waals surface area contributed by atoms with Crippen LogP contribution < -0.4 is 0 Å². The van der Waals surface area contributed by atoms with Crippen LogP contribution in [0.1, 0.15) is 5.56 Å². The molecule has 13 heavy (non-hydrogen) atoms. The highest BCUT2D eigenvalue weighted by atomic mass is 35.5. The second-order valence-electron chi connectivity index (χ2n) is 2.33. The van der Waals surface area contributed by atoms with Crippen LogP contribution in [-0.2, 0) is 16.0 Å². The topological polar surface area (TPSA) is 39.2 Å². The predicted octanol–water partition coefficient (Wildman–Crippen LogP) is 1.59. The van der Waals surface area contributed by atoms with Crippen LogP contribution in [0.3, 0.4) is 0 Å². The Kier molecular flexibility index (Phi) is 3.19. The number of ether oxygens (including phenoxy) is 1. The van der Waals surface area contributed by atoms with Crippen LogP contribution in [0.25, 0.3) is 0 Å². The van der Waals surface area contributed by atoms with Gasteiger partial charge in [-0.1, -0.05) is 11.6 Å². The van der Waals surface area contributed by atoms with Crippen molar-refractivity contribution in [2.75, 3.05) is 7.11 Å². The number of aromatic nitrogens is 1. The Morgan fingerprint density at radius 3 is 3.08 bits per heavy atom. The van der Waals surface area contributed by atoms with E-state index in [1.807, 2.05) is 0 Å². The monoisotopic (exact) mass is 203 g/mol. The van der Waals surface area contributed by atoms with E-state index in [1.54, 1.807) is 0 Å². The summed E-state index contributed by atoms with van der Waals surface area (Å²) in [6.45, 7) is 0. The summed E-state index contributed by atoms with van der Waals surface area (Å²) in [5.41, 5.74) is 0.187. The lowest BCUT2D eigenvalue weighted by atomic mass is 10.2. The van der Waals surface area contributed by atoms with Gasteiger partial charge in [-0.25, -0.2) is 9.37 Å². The van der Waals surface area contributed by atoms with E-state index < -0.39 is 11.8 Å². The fourth-order valence-electron chi connectivity index (χ4n) is 0.819. The van der Waals surface area contributed by atoms with E-state index in [2.05, 4.69) is 9.72 Å². The lowest BCUT2D eigenvalue weighted by molar-refractivity contribution is -0.139. The average Bonchev–Trinajstić information content (AvgIpc) is 2.13. The molecule has 0 unspecified atom stereocenters. The molecule has 0 aliphatic carbocycles. The number of pyridine rings is 1. The van der Waals surface area contributed by atoms with E-state index in [1.165, 1.54) is 19.4 Å². The van der Waals surface area contributed by atoms with Gasteiger partial charge in [-0.05, 0) is 6.07 Å². The zero-order valence-corrected chi connectivity index (χ0v) is 7.64. The lowest BCUT2D eigenvalue weighted by Crippen LogP contribution is -2.06. The first-order valence-corrected chi connectivity index (χ1v) is 3.88. The van der Waals surface area contributed by atoms with Crippen LogP contribution in [0, 0.1) is 5.82 Å². The maximum Gasteiger partial charge on any atom is 0.310 e. The molecule has 0 atom stereocenters. The Balaban J connectivity index is 2.89. The van der Waals surface area contributed by atoms with Crippen molar-refractivity contribution < 1.29 is 13.9 Å². The van der Waals surface area contributed by atoms with E-state index in [9.17, 15) is 9.18 Å². The average molecular weight is 204 g/mol. The van der Waals surface area contributed by atoms with Gasteiger partial charge in [-0.15, -0.1) is 0 Å². The predicted molar refractivity (Wildman–Crippen MR) is 44.9 cm³/mol. The van der Waals surface area contributed by atoms with Crippen molar-refractivity contribution in [3.63, 3.8) is 0 Å². The normalized spacial score (nSPS) is 9.77. The van der Waals surface area contributed by atoms with Gasteiger partial charge in [-0.2, -0.15) is 0 Å². The summed E-state index contributed by atoms with van der Waals surface area (Å²) < 4.78 is 17.5. The van der Waals surface area contributed by atoms with Gasteiger partial charge in [0.25, 0.3) is 0 Å². The molecule has 0 saturated heterocycles. The highest BCUT2D eigenvalue weighted by Gasteiger charge is 2.11. The molecule has 0 fully saturated rings. The Morgan fingerprint density at radius 1 is 1.77 bits per heavy atom. The number of nitrogens with zero attached hydrogens (tertiary/aromatic N) is 1. The van der Waals surface area contributed by atoms with Gasteiger partial charge >= 0.3 is 5.97 Å². The molecule has 0 aliphatic heterocycles. The van der Waals surface area contributed by atoms with Crippen LogP contribution in [0.2, 0.25) is 5.15 Å². The van der Waals surface area contributed by atoms with Crippen LogP contribution in [-0.4, -0.2) is 18.1 Å². The van der Waals surface area contributed by atoms with Crippen molar-refractivity contribution in [3.8, 4) is 0 Å². The number of methoxy groups -OCH3 is 1. The number of esters is 1. The molecule has 1 rings (SSSR count). The van der Waals surface area contributed by atoms with Gasteiger partial charge in [0.1, 0.15) is 0 Å². The van der Waals surface area contributed by atoms with Crippen LogP contribution in [0.5, 0.6) is 0 Å². The molecule has 0 aromatic carbocycles. The van der Waals surface area contributed by atoms with Gasteiger partial charge < -0.3 is 4.74 Å². The molecule has 0 saturated carbocycles. The summed E-state index contributed by atoms with van der Waals surface area (Å²) >= 11 is 5.40. The van der Waals surface area contributed by atoms with Crippen molar-refractivity contribution >= 4 is 17.6 Å². The van der Waals surface area contributed by atoms with Crippen molar-refractivity contribution in [2.24, 2.45) is 0 Å². The second kappa shape index (κ2) is 4.18. The number of hydrogen-bond acceptors (Lipinski definition) is 3. The summed E-state index contributed by atoms with van der Waals surface area (Å²) in [7, 11) is 1.24. The highest BCUT2D eigenvalue weighted by Crippen LogP contribution is 2.15. The molecule has 0 spiro atoms. The number of carbonyl (C=O) groups excluding carboxylic acids is 1. The summed E-state index contributed by atoms with van der Waals surface area (Å²) in [5.74, 6) is -1.18. The van der Waals surface area contributed by atoms with Gasteiger partial charge in [-0.3, -0.25) is 4.79 Å². The first-order chi connectivity index (χ1) is 6.15. The molecule has 5 heteroatoms. The lowest BCUT2D eigenvalue weighted by Gasteiger charge is -2.01. The molecular weight excluding hydrogens is 197 g/mol. The Morgan fingerprint density at radius 2 is 2.46 bits per heavy atom. The zero-order chi connectivity index (χ0) is 9.84. The minimum absolute atomic E-state index is 0.134. The molecule has 0 bridgehead atoms. The van der Waals surface area contributed by atoms with Gasteiger partial charge in [0.15, 0.2) is 11.0 Å². The molecule has 1 aromatic rings. The third-order valence-electron chi connectivity index (χ3n) is 1.49. The highest BCUT2D eigenvalue weighted by molar-refractivity contribution is 6.29. The fraction of sp³-hybridized carbons (Fsp3) is 0.250. The Bertz CT molecular complexity index is 330. The van der Waals surface area contributed by atoms with Crippen molar-refractivity contribution in [3.05, 3.63) is 28.8 Å². The van der Waals surface area contributed by atoms with Crippen LogP contribution in [0.4, 0.5) is 4.39 Å². The number of carbonyl (C=O) groups is 1. The van der Waals surface area contributed by atoms with Crippen LogP contribution in [0.15, 0.2) is 12.3 Å². The van der Waals surface area contributed by atoms with E-state index in [-0.39, 0.29) is 17.1 Å². The maximum atomic E-state index is 13.1. The molecule has 1 heterocycles. The second-order valence-corrected chi connectivity index (χ2v) is 2.69. The van der Waals surface area contributed by atoms with E-state index in [0.29, 0.717) is 0 Å². The van der Waals surface area contributed by atoms with Crippen molar-refractivity contribution in [1.82, 2.24) is 4.98 Å². The van der Waals surface area contributed by atoms with E-state index in [4.69, 9.17) is 11.6 Å². The third kappa shape index (κ3) is 2.39. The number of rotatable bonds is 2. The van der Waals surface area contributed by atoms with E-state index in [0.717, 1.165) is 0 Å². The SMILES string of the molecule is COC(=O)Cc1ccnc(Cl)c1F. The summed E-state index contributed by atoms with van der Waals surface area (Å²) in [6.07, 6.45) is 1.20. The molecule has 0 aliphatic rings. The third-order valence-corrected chi connectivity index (χ3v) is 1.75. The minimum Gasteiger partial charge on any atom is -0.469 e. The van der Waals surface area contributed by atoms with Crippen LogP contribution >= 0.6 is 11.6 Å². The summed E-state index contributed by atoms with van der Waals surface area (Å²) in [4.78, 5) is 14.3. The van der Waals surface area contributed by atoms with E-state index >= 15 is 0 Å². The standard InChI is InChI=1S/C8H7ClFNO2/c1-13-6(12)4-5-2-3-11-8(9)7(5)10/h2-3H,4H2,1H3. The van der Waals surface area contributed by atoms with Gasteiger partial charge in [0.05, 0.1) is 13.5 Å². The maximum absolute atomic E-state index is 13.1. The molecule has 0 N–H and O–H groups in total. The fourth-order valence-corrected chi connectivity index (χ4v) is 0.997. The van der Waals surface area contributed by atoms with Gasteiger partial charge in [0.2, 0.25) is 0 Å². The summed E-state index contributed by atoms with van der Waals surface area (Å²) in [5, 5.41) is -0.235. The molecule has 70 valence electrons. The summed E-state index contributed by atoms with van der Waals surface area (Å²) in [6, 6.07) is 1.39. The Hall–Kier alpha value is -1.16. The first kappa shape index (κ1) is 9.92. The molecule has 0 amide bonds. The first-order valence-electron chi connectivity index (χ1n) is 3.51. The van der Waals surface area contributed by atoms with Crippen molar-refractivity contribution in [1.29, 1.82) is 0 Å². The molecule has 3 nitrogen and oxygen atoms in total. The number of halogens is 2. The van der Waals surface area contributed by atoms with Gasteiger partial charge in [0, 0.05) is 11.8 Å². The number of hydrogen-bond donors (Lipinski definition) is 0. The molecule has 0 radical (unpaired) electrons. The minimum atomic E-state index is -0.672. The Labute approximate surface area is 79.5 Å². The smallest absolute Gasteiger partial charge is 0.310 e. The quantitative estimate of drug-likeness (QED) is 0.541. The van der Waals surface area contributed by atoms with Crippen molar-refractivity contribution in [2.45, 2.75) is 6.42 Å². The zero-order valence-electron chi connectivity index (χ0n) is 6.88. The molecule has 1 aromatic heterocycles. The molecular formula is C8H7ClFNO2. The largest absolute Gasteiger partial charge is 0.469 e.